The SMILES string of the molecule is CC(c1ccon1)N(C)C(=O)c1ccc(N2CCC(C3CCN(C(=O)[C@](O)(c4ccccc4)C(F)(F)F)CC3)CC2)cc1Cl. The Morgan fingerprint density at radius 1 is 1.00 bits per heavy atom. The Bertz CT molecular complexity index is 1440. The van der Waals surface area contributed by atoms with Crippen LogP contribution in [0.15, 0.2) is 65.4 Å². The van der Waals surface area contributed by atoms with Crippen LogP contribution in [0, 0.1) is 11.8 Å². The number of carbonyl (C=O) groups excluding carboxylic acids is 2. The van der Waals surface area contributed by atoms with Crippen molar-refractivity contribution in [3.63, 3.8) is 0 Å². The molecule has 0 bridgehead atoms. The predicted octanol–water partition coefficient (Wildman–Crippen LogP) is 6.07. The van der Waals surface area contributed by atoms with Crippen LogP contribution in [0.4, 0.5) is 18.9 Å². The summed E-state index contributed by atoms with van der Waals surface area (Å²) < 4.78 is 46.9. The second kappa shape index (κ2) is 12.8. The van der Waals surface area contributed by atoms with Gasteiger partial charge in [0.1, 0.15) is 12.0 Å². The lowest BCUT2D eigenvalue weighted by Crippen LogP contribution is -2.57. The quantitative estimate of drug-likeness (QED) is 0.340. The van der Waals surface area contributed by atoms with Crippen LogP contribution in [0.2, 0.25) is 5.02 Å². The molecule has 3 aromatic rings. The topological polar surface area (TPSA) is 90.1 Å². The van der Waals surface area contributed by atoms with E-state index in [-0.39, 0.29) is 31.0 Å². The van der Waals surface area contributed by atoms with Crippen molar-refractivity contribution in [2.45, 2.75) is 50.4 Å². The van der Waals surface area contributed by atoms with Gasteiger partial charge in [-0.1, -0.05) is 47.1 Å². The maximum Gasteiger partial charge on any atom is 0.430 e. The number of halogens is 4. The zero-order chi connectivity index (χ0) is 31.6. The summed E-state index contributed by atoms with van der Waals surface area (Å²) in [6.07, 6.45) is -0.722. The molecule has 2 aromatic carbocycles. The average molecular weight is 633 g/mol. The van der Waals surface area contributed by atoms with Gasteiger partial charge in [0.05, 0.1) is 16.6 Å². The first-order valence-electron chi connectivity index (χ1n) is 14.8. The van der Waals surface area contributed by atoms with Crippen LogP contribution in [-0.4, -0.2) is 71.3 Å². The number of aromatic nitrogens is 1. The van der Waals surface area contributed by atoms with Crippen molar-refractivity contribution in [3.05, 3.63) is 82.7 Å². The number of nitrogens with zero attached hydrogens (tertiary/aromatic N) is 4. The van der Waals surface area contributed by atoms with E-state index in [2.05, 4.69) is 10.1 Å². The molecule has 3 heterocycles. The lowest BCUT2D eigenvalue weighted by molar-refractivity contribution is -0.262. The minimum Gasteiger partial charge on any atom is -0.371 e. The van der Waals surface area contributed by atoms with Crippen LogP contribution in [0.1, 0.15) is 60.3 Å². The second-order valence-electron chi connectivity index (χ2n) is 11.7. The van der Waals surface area contributed by atoms with Crippen molar-refractivity contribution in [2.75, 3.05) is 38.1 Å². The van der Waals surface area contributed by atoms with Gasteiger partial charge < -0.3 is 24.3 Å². The van der Waals surface area contributed by atoms with E-state index in [9.17, 15) is 27.9 Å². The molecule has 44 heavy (non-hydrogen) atoms. The minimum absolute atomic E-state index is 0.170. The van der Waals surface area contributed by atoms with Crippen LogP contribution in [0.5, 0.6) is 0 Å². The van der Waals surface area contributed by atoms with E-state index in [4.69, 9.17) is 16.1 Å². The number of aliphatic hydroxyl groups is 1. The number of benzene rings is 2. The first kappa shape index (κ1) is 31.8. The summed E-state index contributed by atoms with van der Waals surface area (Å²) in [6, 6.07) is 13.4. The van der Waals surface area contributed by atoms with Crippen molar-refractivity contribution in [1.29, 1.82) is 0 Å². The molecule has 0 aliphatic carbocycles. The van der Waals surface area contributed by atoms with E-state index in [0.29, 0.717) is 35.0 Å². The van der Waals surface area contributed by atoms with Crippen molar-refractivity contribution in [1.82, 2.24) is 15.0 Å². The molecule has 2 amide bonds. The van der Waals surface area contributed by atoms with Crippen LogP contribution < -0.4 is 4.90 Å². The summed E-state index contributed by atoms with van der Waals surface area (Å²) in [5, 5.41) is 15.0. The molecule has 1 unspecified atom stereocenters. The number of carbonyl (C=O) groups is 2. The van der Waals surface area contributed by atoms with Crippen LogP contribution in [-0.2, 0) is 10.4 Å². The second-order valence-corrected chi connectivity index (χ2v) is 12.1. The highest BCUT2D eigenvalue weighted by Crippen LogP contribution is 2.42. The van der Waals surface area contributed by atoms with Gasteiger partial charge in [-0.15, -0.1) is 0 Å². The van der Waals surface area contributed by atoms with E-state index in [1.54, 1.807) is 24.1 Å². The maximum atomic E-state index is 14.0. The summed E-state index contributed by atoms with van der Waals surface area (Å²) in [6.45, 7) is 3.75. The Labute approximate surface area is 259 Å². The summed E-state index contributed by atoms with van der Waals surface area (Å²) in [5.41, 5.74) is -2.08. The zero-order valence-corrected chi connectivity index (χ0v) is 25.4. The fourth-order valence-electron chi connectivity index (χ4n) is 6.40. The Balaban J connectivity index is 1.15. The number of piperidine rings is 2. The number of amides is 2. The maximum absolute atomic E-state index is 14.0. The standard InChI is InChI=1S/C32H36ClF3N4O4/c1-21(28-14-19-44-37-28)38(2)29(41)26-9-8-25(20-27(26)33)39-15-10-22(11-16-39)23-12-17-40(18-13-23)30(42)31(43,32(34,35)36)24-6-4-3-5-7-24/h3-9,14,19-23,43H,10-13,15-18H2,1-2H3/t21?,31-/m1/s1. The molecular formula is C32H36ClF3N4O4. The van der Waals surface area contributed by atoms with Gasteiger partial charge in [0, 0.05) is 50.5 Å². The van der Waals surface area contributed by atoms with E-state index < -0.39 is 23.2 Å². The molecule has 8 nitrogen and oxygen atoms in total. The van der Waals surface area contributed by atoms with Crippen molar-refractivity contribution >= 4 is 29.1 Å². The molecule has 0 saturated carbocycles. The largest absolute Gasteiger partial charge is 0.430 e. The number of likely N-dealkylation sites (tertiary alicyclic amines) is 1. The molecule has 2 aliphatic rings. The van der Waals surface area contributed by atoms with Gasteiger partial charge >= 0.3 is 6.18 Å². The highest BCUT2D eigenvalue weighted by atomic mass is 35.5. The molecule has 2 atom stereocenters. The first-order chi connectivity index (χ1) is 20.9. The number of alkyl halides is 3. The molecule has 1 aromatic heterocycles. The van der Waals surface area contributed by atoms with Gasteiger partial charge in [-0.05, 0) is 62.6 Å². The van der Waals surface area contributed by atoms with E-state index in [1.165, 1.54) is 24.5 Å². The number of hydrogen-bond acceptors (Lipinski definition) is 6. The van der Waals surface area contributed by atoms with Gasteiger partial charge in [0.2, 0.25) is 0 Å². The van der Waals surface area contributed by atoms with Gasteiger partial charge in [0.15, 0.2) is 0 Å². The van der Waals surface area contributed by atoms with E-state index in [0.717, 1.165) is 48.7 Å². The molecular weight excluding hydrogens is 597 g/mol. The third-order valence-electron chi connectivity index (χ3n) is 9.28. The lowest BCUT2D eigenvalue weighted by atomic mass is 9.78. The monoisotopic (exact) mass is 632 g/mol. The Hall–Kier alpha value is -3.57. The molecule has 2 aliphatic heterocycles. The molecule has 2 saturated heterocycles. The fourth-order valence-corrected chi connectivity index (χ4v) is 6.65. The fraction of sp³-hybridized carbons (Fsp3) is 0.469. The van der Waals surface area contributed by atoms with Crippen molar-refractivity contribution in [2.24, 2.45) is 11.8 Å². The van der Waals surface area contributed by atoms with Gasteiger partial charge in [0.25, 0.3) is 17.4 Å². The van der Waals surface area contributed by atoms with E-state index >= 15 is 0 Å². The van der Waals surface area contributed by atoms with Gasteiger partial charge in [-0.25, -0.2) is 0 Å². The molecule has 2 fully saturated rings. The molecule has 12 heteroatoms. The average Bonchev–Trinajstić information content (AvgIpc) is 3.58. The summed E-state index contributed by atoms with van der Waals surface area (Å²) >= 11 is 6.58. The van der Waals surface area contributed by atoms with Crippen molar-refractivity contribution in [3.8, 4) is 0 Å². The molecule has 5 rings (SSSR count). The Morgan fingerprint density at radius 3 is 2.16 bits per heavy atom. The number of hydrogen-bond donors (Lipinski definition) is 1. The smallest absolute Gasteiger partial charge is 0.371 e. The van der Waals surface area contributed by atoms with Gasteiger partial charge in [-0.3, -0.25) is 9.59 Å². The Morgan fingerprint density at radius 2 is 1.61 bits per heavy atom. The Kier molecular flexibility index (Phi) is 9.27. The predicted molar refractivity (Wildman–Crippen MR) is 159 cm³/mol. The highest BCUT2D eigenvalue weighted by molar-refractivity contribution is 6.34. The number of rotatable bonds is 7. The van der Waals surface area contributed by atoms with Crippen LogP contribution in [0.3, 0.4) is 0 Å². The zero-order valence-electron chi connectivity index (χ0n) is 24.6. The molecule has 236 valence electrons. The molecule has 0 radical (unpaired) electrons. The summed E-state index contributed by atoms with van der Waals surface area (Å²) in [7, 11) is 1.69. The molecule has 1 N–H and O–H groups in total. The minimum atomic E-state index is -5.14. The summed E-state index contributed by atoms with van der Waals surface area (Å²) in [5.74, 6) is -0.884. The van der Waals surface area contributed by atoms with Crippen LogP contribution >= 0.6 is 11.6 Å². The normalized spacial score (nSPS) is 19.0. The highest BCUT2D eigenvalue weighted by Gasteiger charge is 2.62. The van der Waals surface area contributed by atoms with E-state index in [1.807, 2.05) is 19.1 Å². The van der Waals surface area contributed by atoms with Crippen molar-refractivity contribution < 1.29 is 32.4 Å². The van der Waals surface area contributed by atoms with Crippen LogP contribution in [0.25, 0.3) is 0 Å². The third-order valence-corrected chi connectivity index (χ3v) is 9.59. The summed E-state index contributed by atoms with van der Waals surface area (Å²) in [4.78, 5) is 31.1. The third kappa shape index (κ3) is 6.17. The molecule has 0 spiro atoms. The number of anilines is 1. The van der Waals surface area contributed by atoms with Gasteiger partial charge in [-0.2, -0.15) is 13.2 Å². The first-order valence-corrected chi connectivity index (χ1v) is 15.2. The lowest BCUT2D eigenvalue weighted by Gasteiger charge is -2.42.